The molecule has 1 aromatic heterocycles. The molecule has 0 unspecified atom stereocenters. The van der Waals surface area contributed by atoms with Gasteiger partial charge in [0.25, 0.3) is 5.91 Å². The van der Waals surface area contributed by atoms with Crippen molar-refractivity contribution in [1.29, 1.82) is 0 Å². The van der Waals surface area contributed by atoms with Gasteiger partial charge in [-0.1, -0.05) is 19.3 Å². The van der Waals surface area contributed by atoms with E-state index in [0.717, 1.165) is 23.8 Å². The summed E-state index contributed by atoms with van der Waals surface area (Å²) >= 11 is 0. The molecule has 142 valence electrons. The van der Waals surface area contributed by atoms with E-state index in [2.05, 4.69) is 15.2 Å². The number of pyridine rings is 1. The molecule has 2 fully saturated rings. The fourth-order valence-corrected chi connectivity index (χ4v) is 4.08. The van der Waals surface area contributed by atoms with Gasteiger partial charge in [0, 0.05) is 31.4 Å². The van der Waals surface area contributed by atoms with Crippen molar-refractivity contribution in [1.82, 2.24) is 15.4 Å². The second-order valence-electron chi connectivity index (χ2n) is 7.53. The number of piperidine rings is 1. The minimum absolute atomic E-state index is 0.446. The number of carbonyl (C=O) groups excluding carboxylic acids is 1. The summed E-state index contributed by atoms with van der Waals surface area (Å²) in [5, 5.41) is 12.0. The summed E-state index contributed by atoms with van der Waals surface area (Å²) in [6.07, 6.45) is 14.1. The SMILES string of the molecule is O=C(C=Cc1ccc(N[C@@H]2CCCN(CC3CCCCC3)C2)nc1)NO. The van der Waals surface area contributed by atoms with Crippen LogP contribution in [0.1, 0.15) is 50.5 Å². The van der Waals surface area contributed by atoms with Crippen molar-refractivity contribution in [2.24, 2.45) is 5.92 Å². The van der Waals surface area contributed by atoms with E-state index in [1.165, 1.54) is 64.1 Å². The van der Waals surface area contributed by atoms with Gasteiger partial charge in [-0.05, 0) is 61.9 Å². The Balaban J connectivity index is 1.48. The smallest absolute Gasteiger partial charge is 0.267 e. The van der Waals surface area contributed by atoms with Gasteiger partial charge in [0.05, 0.1) is 0 Å². The summed E-state index contributed by atoms with van der Waals surface area (Å²) < 4.78 is 0. The normalized spacial score (nSPS) is 22.4. The van der Waals surface area contributed by atoms with E-state index in [4.69, 9.17) is 5.21 Å². The molecule has 1 amide bonds. The molecule has 1 aromatic rings. The zero-order valence-corrected chi connectivity index (χ0v) is 15.4. The third-order valence-corrected chi connectivity index (χ3v) is 5.42. The highest BCUT2D eigenvalue weighted by atomic mass is 16.5. The van der Waals surface area contributed by atoms with Gasteiger partial charge < -0.3 is 10.2 Å². The molecule has 26 heavy (non-hydrogen) atoms. The van der Waals surface area contributed by atoms with Crippen LogP contribution in [-0.4, -0.2) is 46.7 Å². The predicted molar refractivity (Wildman–Crippen MR) is 103 cm³/mol. The molecule has 1 saturated carbocycles. The fraction of sp³-hybridized carbons (Fsp3) is 0.600. The standard InChI is InChI=1S/C20H30N4O2/c25-20(23-26)11-9-16-8-10-19(21-13-16)22-18-7-4-12-24(15-18)14-17-5-2-1-3-6-17/h8-11,13,17-18,26H,1-7,12,14-15H2,(H,21,22)(H,23,25)/t18-/m1/s1. The molecule has 3 rings (SSSR count). The van der Waals surface area contributed by atoms with Crippen molar-refractivity contribution in [3.63, 3.8) is 0 Å². The molecule has 0 spiro atoms. The lowest BCUT2D eigenvalue weighted by Crippen LogP contribution is -2.44. The van der Waals surface area contributed by atoms with E-state index in [-0.39, 0.29) is 0 Å². The van der Waals surface area contributed by atoms with Crippen LogP contribution in [0.2, 0.25) is 0 Å². The van der Waals surface area contributed by atoms with Crippen molar-refractivity contribution in [3.05, 3.63) is 30.0 Å². The largest absolute Gasteiger partial charge is 0.366 e. The highest BCUT2D eigenvalue weighted by Crippen LogP contribution is 2.26. The molecule has 6 heteroatoms. The number of hydrogen-bond donors (Lipinski definition) is 3. The van der Waals surface area contributed by atoms with Crippen LogP contribution in [0, 0.1) is 5.92 Å². The topological polar surface area (TPSA) is 77.5 Å². The van der Waals surface area contributed by atoms with E-state index in [1.54, 1.807) is 17.8 Å². The molecule has 3 N–H and O–H groups in total. The van der Waals surface area contributed by atoms with Crippen molar-refractivity contribution < 1.29 is 10.0 Å². The Kier molecular flexibility index (Phi) is 7.03. The zero-order valence-electron chi connectivity index (χ0n) is 15.4. The van der Waals surface area contributed by atoms with Crippen LogP contribution in [0.5, 0.6) is 0 Å². The van der Waals surface area contributed by atoms with Gasteiger partial charge in [-0.15, -0.1) is 0 Å². The number of hydroxylamine groups is 1. The zero-order chi connectivity index (χ0) is 18.2. The monoisotopic (exact) mass is 358 g/mol. The van der Waals surface area contributed by atoms with E-state index >= 15 is 0 Å². The molecule has 0 radical (unpaired) electrons. The van der Waals surface area contributed by atoms with Crippen LogP contribution in [0.25, 0.3) is 6.08 Å². The van der Waals surface area contributed by atoms with Gasteiger partial charge in [0.1, 0.15) is 5.82 Å². The first-order chi connectivity index (χ1) is 12.7. The number of anilines is 1. The van der Waals surface area contributed by atoms with Gasteiger partial charge in [-0.3, -0.25) is 10.0 Å². The number of likely N-dealkylation sites (tertiary alicyclic amines) is 1. The summed E-state index contributed by atoms with van der Waals surface area (Å²) in [5.41, 5.74) is 2.39. The Labute approximate surface area is 155 Å². The highest BCUT2D eigenvalue weighted by Gasteiger charge is 2.23. The number of hydrogen-bond acceptors (Lipinski definition) is 5. The number of amides is 1. The Morgan fingerprint density at radius 3 is 2.81 bits per heavy atom. The first kappa shape index (κ1) is 18.9. The Hall–Kier alpha value is -1.92. The number of aromatic nitrogens is 1. The molecule has 1 atom stereocenters. The number of carbonyl (C=O) groups is 1. The maximum atomic E-state index is 11.0. The summed E-state index contributed by atoms with van der Waals surface area (Å²) in [5.74, 6) is 1.22. The lowest BCUT2D eigenvalue weighted by Gasteiger charge is -2.36. The van der Waals surface area contributed by atoms with Crippen LogP contribution in [0.4, 0.5) is 5.82 Å². The van der Waals surface area contributed by atoms with Crippen molar-refractivity contribution >= 4 is 17.8 Å². The molecule has 6 nitrogen and oxygen atoms in total. The van der Waals surface area contributed by atoms with Crippen LogP contribution < -0.4 is 10.8 Å². The molecule has 0 aromatic carbocycles. The van der Waals surface area contributed by atoms with E-state index < -0.39 is 5.91 Å². The van der Waals surface area contributed by atoms with E-state index in [9.17, 15) is 4.79 Å². The number of nitrogens with zero attached hydrogens (tertiary/aromatic N) is 2. The molecule has 2 heterocycles. The minimum Gasteiger partial charge on any atom is -0.366 e. The van der Waals surface area contributed by atoms with Crippen molar-refractivity contribution in [3.8, 4) is 0 Å². The number of rotatable bonds is 6. The van der Waals surface area contributed by atoms with Gasteiger partial charge in [0.2, 0.25) is 0 Å². The van der Waals surface area contributed by atoms with Crippen LogP contribution >= 0.6 is 0 Å². The maximum absolute atomic E-state index is 11.0. The summed E-state index contributed by atoms with van der Waals surface area (Å²) in [6, 6.07) is 4.30. The summed E-state index contributed by atoms with van der Waals surface area (Å²) in [7, 11) is 0. The highest BCUT2D eigenvalue weighted by molar-refractivity contribution is 5.90. The number of nitrogens with one attached hydrogen (secondary N) is 2. The van der Waals surface area contributed by atoms with Gasteiger partial charge >= 0.3 is 0 Å². The van der Waals surface area contributed by atoms with Gasteiger partial charge in [0.15, 0.2) is 0 Å². The first-order valence-corrected chi connectivity index (χ1v) is 9.80. The third-order valence-electron chi connectivity index (χ3n) is 5.42. The lowest BCUT2D eigenvalue weighted by atomic mass is 9.88. The minimum atomic E-state index is -0.549. The summed E-state index contributed by atoms with van der Waals surface area (Å²) in [6.45, 7) is 3.57. The average Bonchev–Trinajstić information content (AvgIpc) is 2.68. The molecular formula is C20H30N4O2. The maximum Gasteiger partial charge on any atom is 0.267 e. The molecule has 1 aliphatic heterocycles. The molecule has 1 saturated heterocycles. The summed E-state index contributed by atoms with van der Waals surface area (Å²) in [4.78, 5) is 18.1. The van der Waals surface area contributed by atoms with E-state index in [1.807, 2.05) is 12.1 Å². The van der Waals surface area contributed by atoms with Crippen molar-refractivity contribution in [2.45, 2.75) is 51.0 Å². The molecule has 1 aliphatic carbocycles. The second-order valence-corrected chi connectivity index (χ2v) is 7.53. The average molecular weight is 358 g/mol. The van der Waals surface area contributed by atoms with Gasteiger partial charge in [-0.2, -0.15) is 0 Å². The Morgan fingerprint density at radius 2 is 2.08 bits per heavy atom. The fourth-order valence-electron chi connectivity index (χ4n) is 4.08. The van der Waals surface area contributed by atoms with Crippen LogP contribution in [0.15, 0.2) is 24.4 Å². The van der Waals surface area contributed by atoms with Crippen LogP contribution in [-0.2, 0) is 4.79 Å². The Bertz CT molecular complexity index is 596. The van der Waals surface area contributed by atoms with E-state index in [0.29, 0.717) is 6.04 Å². The quantitative estimate of drug-likeness (QED) is 0.414. The molecule has 2 aliphatic rings. The second kappa shape index (κ2) is 9.69. The molecule has 0 bridgehead atoms. The third kappa shape index (κ3) is 5.81. The Morgan fingerprint density at radius 1 is 1.23 bits per heavy atom. The lowest BCUT2D eigenvalue weighted by molar-refractivity contribution is -0.124. The molecular weight excluding hydrogens is 328 g/mol. The van der Waals surface area contributed by atoms with Crippen LogP contribution in [0.3, 0.4) is 0 Å². The first-order valence-electron chi connectivity index (χ1n) is 9.80. The predicted octanol–water partition coefficient (Wildman–Crippen LogP) is 3.06. The van der Waals surface area contributed by atoms with Gasteiger partial charge in [-0.25, -0.2) is 10.5 Å². The van der Waals surface area contributed by atoms with Crippen molar-refractivity contribution in [2.75, 3.05) is 25.0 Å².